The fourth-order valence-corrected chi connectivity index (χ4v) is 1.69. The number of aryl methyl sites for hydroxylation is 2. The standard InChI is InChI=1S/C9H11N4S/c1-12-5-6-13(2)9(12)11-10-8-4-3-7-14-8/h3-7H,1-2H3/q+1. The van der Waals surface area contributed by atoms with Crippen LogP contribution in [-0.4, -0.2) is 4.57 Å². The molecule has 0 fully saturated rings. The van der Waals surface area contributed by atoms with Gasteiger partial charge in [0.1, 0.15) is 0 Å². The van der Waals surface area contributed by atoms with Crippen LogP contribution in [-0.2, 0) is 14.1 Å². The van der Waals surface area contributed by atoms with Gasteiger partial charge in [-0.1, -0.05) is 5.11 Å². The first-order valence-corrected chi connectivity index (χ1v) is 5.11. The number of hydrogen-bond donors (Lipinski definition) is 0. The summed E-state index contributed by atoms with van der Waals surface area (Å²) >= 11 is 1.58. The summed E-state index contributed by atoms with van der Waals surface area (Å²) in [7, 11) is 3.89. The molecule has 72 valence electrons. The Morgan fingerprint density at radius 3 is 2.86 bits per heavy atom. The minimum absolute atomic E-state index is 0.832. The van der Waals surface area contributed by atoms with Crippen molar-refractivity contribution in [3.05, 3.63) is 29.9 Å². The lowest BCUT2D eigenvalue weighted by molar-refractivity contribution is -0.657. The Balaban J connectivity index is 2.26. The Hall–Kier alpha value is -1.49. The van der Waals surface area contributed by atoms with Crippen LogP contribution in [0.4, 0.5) is 10.9 Å². The van der Waals surface area contributed by atoms with E-state index in [1.807, 2.05) is 53.1 Å². The highest BCUT2D eigenvalue weighted by atomic mass is 32.1. The van der Waals surface area contributed by atoms with Crippen LogP contribution in [0.15, 0.2) is 40.1 Å². The fraction of sp³-hybridized carbons (Fsp3) is 0.222. The molecule has 0 bridgehead atoms. The molecule has 0 atom stereocenters. The average Bonchev–Trinajstić information content (AvgIpc) is 2.76. The topological polar surface area (TPSA) is 33.5 Å². The number of azo groups is 1. The molecule has 0 aliphatic heterocycles. The van der Waals surface area contributed by atoms with Crippen molar-refractivity contribution in [2.24, 2.45) is 24.3 Å². The molecular formula is C9H11N4S+. The summed E-state index contributed by atoms with van der Waals surface area (Å²) in [4.78, 5) is 0. The molecule has 2 rings (SSSR count). The molecule has 2 heterocycles. The minimum atomic E-state index is 0.832. The van der Waals surface area contributed by atoms with Crippen molar-refractivity contribution < 1.29 is 4.57 Å². The van der Waals surface area contributed by atoms with Crippen molar-refractivity contribution in [2.75, 3.05) is 0 Å². The third-order valence-corrected chi connectivity index (χ3v) is 2.64. The normalized spacial score (nSPS) is 11.3. The van der Waals surface area contributed by atoms with Crippen molar-refractivity contribution in [3.63, 3.8) is 0 Å². The third kappa shape index (κ3) is 1.72. The molecule has 0 aliphatic rings. The van der Waals surface area contributed by atoms with Crippen LogP contribution in [0.25, 0.3) is 0 Å². The Labute approximate surface area is 86.2 Å². The van der Waals surface area contributed by atoms with Gasteiger partial charge in [0.25, 0.3) is 0 Å². The SMILES string of the molecule is Cn1cc[n+](C)c1N=Nc1cccs1. The fourth-order valence-electron chi connectivity index (χ4n) is 1.14. The summed E-state index contributed by atoms with van der Waals surface area (Å²) in [5.74, 6) is 0.832. The zero-order valence-electron chi connectivity index (χ0n) is 8.08. The van der Waals surface area contributed by atoms with Gasteiger partial charge < -0.3 is 0 Å². The number of aromatic nitrogens is 2. The third-order valence-electron chi connectivity index (χ3n) is 1.89. The van der Waals surface area contributed by atoms with Crippen molar-refractivity contribution in [1.82, 2.24) is 4.57 Å². The van der Waals surface area contributed by atoms with Gasteiger partial charge >= 0.3 is 5.95 Å². The molecule has 2 aromatic heterocycles. The van der Waals surface area contributed by atoms with E-state index < -0.39 is 0 Å². The van der Waals surface area contributed by atoms with E-state index in [2.05, 4.69) is 10.2 Å². The molecule has 0 unspecified atom stereocenters. The maximum absolute atomic E-state index is 4.17. The maximum Gasteiger partial charge on any atom is 0.421 e. The summed E-state index contributed by atoms with van der Waals surface area (Å²) in [6.07, 6.45) is 3.89. The first kappa shape index (κ1) is 9.08. The molecule has 0 N–H and O–H groups in total. The number of rotatable bonds is 2. The van der Waals surface area contributed by atoms with Crippen molar-refractivity contribution in [3.8, 4) is 0 Å². The molecule has 0 aromatic carbocycles. The summed E-state index contributed by atoms with van der Waals surface area (Å²) in [6.45, 7) is 0. The van der Waals surface area contributed by atoms with E-state index in [0.29, 0.717) is 0 Å². The smallest absolute Gasteiger partial charge is 0.233 e. The van der Waals surface area contributed by atoms with Gasteiger partial charge in [-0.3, -0.25) is 0 Å². The number of thiophene rings is 1. The molecule has 5 heteroatoms. The minimum Gasteiger partial charge on any atom is -0.233 e. The van der Waals surface area contributed by atoms with Gasteiger partial charge in [0.2, 0.25) is 0 Å². The zero-order chi connectivity index (χ0) is 9.97. The zero-order valence-corrected chi connectivity index (χ0v) is 8.90. The van der Waals surface area contributed by atoms with E-state index in [0.717, 1.165) is 10.9 Å². The van der Waals surface area contributed by atoms with Crippen LogP contribution in [0.1, 0.15) is 0 Å². The highest BCUT2D eigenvalue weighted by molar-refractivity contribution is 7.13. The molecule has 0 aliphatic carbocycles. The lowest BCUT2D eigenvalue weighted by Crippen LogP contribution is -2.25. The summed E-state index contributed by atoms with van der Waals surface area (Å²) in [6, 6.07) is 3.90. The number of hydrogen-bond acceptors (Lipinski definition) is 3. The van der Waals surface area contributed by atoms with E-state index in [1.165, 1.54) is 0 Å². The van der Waals surface area contributed by atoms with E-state index in [9.17, 15) is 0 Å². The van der Waals surface area contributed by atoms with Gasteiger partial charge in [0.15, 0.2) is 5.00 Å². The predicted octanol–water partition coefficient (Wildman–Crippen LogP) is 2.33. The quantitative estimate of drug-likeness (QED) is 0.535. The van der Waals surface area contributed by atoms with E-state index in [-0.39, 0.29) is 0 Å². The lowest BCUT2D eigenvalue weighted by Gasteiger charge is -1.86. The van der Waals surface area contributed by atoms with Crippen LogP contribution in [0.3, 0.4) is 0 Å². The number of imidazole rings is 1. The molecule has 0 spiro atoms. The molecule has 0 radical (unpaired) electrons. The average molecular weight is 207 g/mol. The highest BCUT2D eigenvalue weighted by Crippen LogP contribution is 2.21. The first-order valence-electron chi connectivity index (χ1n) is 4.23. The van der Waals surface area contributed by atoms with Gasteiger partial charge in [0.05, 0.1) is 26.5 Å². The highest BCUT2D eigenvalue weighted by Gasteiger charge is 2.09. The second-order valence-electron chi connectivity index (χ2n) is 2.97. The number of nitrogens with zero attached hydrogens (tertiary/aromatic N) is 4. The second kappa shape index (κ2) is 3.71. The molecule has 0 saturated heterocycles. The largest absolute Gasteiger partial charge is 0.421 e. The Morgan fingerprint density at radius 2 is 2.29 bits per heavy atom. The summed E-state index contributed by atoms with van der Waals surface area (Å²) < 4.78 is 3.86. The van der Waals surface area contributed by atoms with Gasteiger partial charge in [-0.15, -0.1) is 11.3 Å². The van der Waals surface area contributed by atoms with Crippen LogP contribution in [0, 0.1) is 0 Å². The second-order valence-corrected chi connectivity index (χ2v) is 3.90. The van der Waals surface area contributed by atoms with E-state index in [4.69, 9.17) is 0 Å². The summed E-state index contributed by atoms with van der Waals surface area (Å²) in [5, 5.41) is 11.2. The van der Waals surface area contributed by atoms with Crippen molar-refractivity contribution >= 4 is 22.3 Å². The Kier molecular flexibility index (Phi) is 2.41. The predicted molar refractivity (Wildman–Crippen MR) is 55.1 cm³/mol. The van der Waals surface area contributed by atoms with E-state index >= 15 is 0 Å². The Bertz CT molecular complexity index is 422. The van der Waals surface area contributed by atoms with Crippen molar-refractivity contribution in [1.29, 1.82) is 0 Å². The lowest BCUT2D eigenvalue weighted by atomic mass is 10.6. The Morgan fingerprint density at radius 1 is 1.43 bits per heavy atom. The molecule has 4 nitrogen and oxygen atoms in total. The van der Waals surface area contributed by atoms with Crippen LogP contribution in [0.2, 0.25) is 0 Å². The molecule has 0 saturated carbocycles. The van der Waals surface area contributed by atoms with Gasteiger partial charge in [0, 0.05) is 5.11 Å². The monoisotopic (exact) mass is 207 g/mol. The molecular weight excluding hydrogens is 196 g/mol. The maximum atomic E-state index is 4.17. The molecule has 14 heavy (non-hydrogen) atoms. The van der Waals surface area contributed by atoms with Crippen LogP contribution >= 0.6 is 11.3 Å². The molecule has 0 amide bonds. The van der Waals surface area contributed by atoms with Crippen LogP contribution in [0.5, 0.6) is 0 Å². The van der Waals surface area contributed by atoms with Crippen LogP contribution < -0.4 is 4.57 Å². The van der Waals surface area contributed by atoms with Gasteiger partial charge in [-0.2, -0.15) is 0 Å². The van der Waals surface area contributed by atoms with E-state index in [1.54, 1.807) is 11.3 Å². The van der Waals surface area contributed by atoms with Gasteiger partial charge in [-0.25, -0.2) is 9.13 Å². The first-order chi connectivity index (χ1) is 6.77. The summed E-state index contributed by atoms with van der Waals surface area (Å²) in [5.41, 5.74) is 0. The van der Waals surface area contributed by atoms with Gasteiger partial charge in [-0.05, 0) is 17.5 Å². The molecule has 2 aromatic rings. The van der Waals surface area contributed by atoms with Crippen molar-refractivity contribution in [2.45, 2.75) is 0 Å².